The Morgan fingerprint density at radius 2 is 1.95 bits per heavy atom. The zero-order chi connectivity index (χ0) is 16.4. The monoisotopic (exact) mass is 307 g/mol. The van der Waals surface area contributed by atoms with Crippen LogP contribution in [0.5, 0.6) is 0 Å². The fourth-order valence-corrected chi connectivity index (χ4v) is 2.39. The van der Waals surface area contributed by atoms with Crippen molar-refractivity contribution in [3.8, 4) is 0 Å². The molecule has 0 radical (unpaired) electrons. The molecule has 8 nitrogen and oxygen atoms in total. The van der Waals surface area contributed by atoms with Gasteiger partial charge in [-0.15, -0.1) is 0 Å². The van der Waals surface area contributed by atoms with Crippen molar-refractivity contribution in [1.82, 2.24) is 23.9 Å². The van der Waals surface area contributed by atoms with E-state index in [0.29, 0.717) is 24.1 Å². The highest BCUT2D eigenvalue weighted by molar-refractivity contribution is 5.80. The van der Waals surface area contributed by atoms with Crippen molar-refractivity contribution >= 4 is 16.9 Å². The van der Waals surface area contributed by atoms with Gasteiger partial charge in [-0.25, -0.2) is 4.79 Å². The Bertz CT molecular complexity index is 814. The number of fused-ring (bicyclic) bond motifs is 1. The maximum atomic E-state index is 12.2. The lowest BCUT2D eigenvalue weighted by molar-refractivity contribution is -0.130. The van der Waals surface area contributed by atoms with Gasteiger partial charge in [0.25, 0.3) is 5.56 Å². The van der Waals surface area contributed by atoms with Crippen molar-refractivity contribution in [3.05, 3.63) is 33.1 Å². The van der Waals surface area contributed by atoms with Crippen molar-refractivity contribution in [2.24, 2.45) is 14.1 Å². The fourth-order valence-electron chi connectivity index (χ4n) is 2.39. The quantitative estimate of drug-likeness (QED) is 0.746. The Balaban J connectivity index is 2.40. The molecular formula is C14H21N5O3. The van der Waals surface area contributed by atoms with Crippen molar-refractivity contribution in [3.63, 3.8) is 0 Å². The molecule has 0 aliphatic heterocycles. The van der Waals surface area contributed by atoms with Gasteiger partial charge in [0.2, 0.25) is 5.91 Å². The van der Waals surface area contributed by atoms with Crippen LogP contribution in [0.15, 0.2) is 21.9 Å². The average Bonchev–Trinajstić information content (AvgIpc) is 2.92. The maximum absolute atomic E-state index is 12.2. The van der Waals surface area contributed by atoms with Gasteiger partial charge in [-0.1, -0.05) is 0 Å². The molecule has 0 bridgehead atoms. The molecule has 0 aromatic carbocycles. The standard InChI is InChI=1S/C14H21N5O3/c1-15-6-8-16(2)11(20)9-19-7-5-10-12(19)17(3)14(22)18(4)13(10)21/h5,7,15H,6,8-9H2,1-4H3. The van der Waals surface area contributed by atoms with Crippen molar-refractivity contribution < 1.29 is 4.79 Å². The molecule has 2 aromatic heterocycles. The number of nitrogens with one attached hydrogen (secondary N) is 1. The second-order valence-electron chi connectivity index (χ2n) is 5.31. The van der Waals surface area contributed by atoms with Crippen LogP contribution in [0, 0.1) is 0 Å². The Morgan fingerprint density at radius 1 is 1.27 bits per heavy atom. The number of amides is 1. The third-order valence-electron chi connectivity index (χ3n) is 3.79. The minimum Gasteiger partial charge on any atom is -0.343 e. The maximum Gasteiger partial charge on any atom is 0.332 e. The fraction of sp³-hybridized carbons (Fsp3) is 0.500. The summed E-state index contributed by atoms with van der Waals surface area (Å²) in [4.78, 5) is 38.0. The molecule has 0 aliphatic rings. The molecule has 2 rings (SSSR count). The van der Waals surface area contributed by atoms with E-state index in [4.69, 9.17) is 0 Å². The molecule has 0 aliphatic carbocycles. The van der Waals surface area contributed by atoms with Gasteiger partial charge in [0.15, 0.2) is 0 Å². The lowest BCUT2D eigenvalue weighted by Gasteiger charge is -2.18. The van der Waals surface area contributed by atoms with E-state index >= 15 is 0 Å². The van der Waals surface area contributed by atoms with E-state index in [1.54, 1.807) is 35.8 Å². The molecule has 22 heavy (non-hydrogen) atoms. The zero-order valence-corrected chi connectivity index (χ0v) is 13.3. The Labute approximate surface area is 127 Å². The van der Waals surface area contributed by atoms with Crippen LogP contribution < -0.4 is 16.6 Å². The van der Waals surface area contributed by atoms with Gasteiger partial charge in [0.1, 0.15) is 12.2 Å². The minimum absolute atomic E-state index is 0.0825. The summed E-state index contributed by atoms with van der Waals surface area (Å²) in [6.07, 6.45) is 1.66. The highest BCUT2D eigenvalue weighted by Crippen LogP contribution is 2.09. The van der Waals surface area contributed by atoms with E-state index in [9.17, 15) is 14.4 Å². The molecule has 0 atom stereocenters. The predicted molar refractivity (Wildman–Crippen MR) is 84.0 cm³/mol. The van der Waals surface area contributed by atoms with Crippen molar-refractivity contribution in [1.29, 1.82) is 0 Å². The van der Waals surface area contributed by atoms with Crippen LogP contribution in [0.4, 0.5) is 0 Å². The zero-order valence-electron chi connectivity index (χ0n) is 13.3. The highest BCUT2D eigenvalue weighted by atomic mass is 16.2. The van der Waals surface area contributed by atoms with Crippen LogP contribution in [-0.4, -0.2) is 51.7 Å². The Hall–Kier alpha value is -2.35. The normalized spacial score (nSPS) is 11.1. The largest absolute Gasteiger partial charge is 0.343 e. The molecule has 0 saturated carbocycles. The number of aryl methyl sites for hydroxylation is 1. The summed E-state index contributed by atoms with van der Waals surface area (Å²) in [6, 6.07) is 1.64. The minimum atomic E-state index is -0.409. The molecule has 0 saturated heterocycles. The van der Waals surface area contributed by atoms with Crippen LogP contribution >= 0.6 is 0 Å². The molecule has 1 N–H and O–H groups in total. The second kappa shape index (κ2) is 6.18. The van der Waals surface area contributed by atoms with Crippen LogP contribution in [0.3, 0.4) is 0 Å². The number of likely N-dealkylation sites (N-methyl/N-ethyl adjacent to an activating group) is 2. The average molecular weight is 307 g/mol. The van der Waals surface area contributed by atoms with Gasteiger partial charge >= 0.3 is 5.69 Å². The van der Waals surface area contributed by atoms with Gasteiger partial charge in [0.05, 0.1) is 5.39 Å². The number of carbonyl (C=O) groups excluding carboxylic acids is 1. The van der Waals surface area contributed by atoms with Gasteiger partial charge < -0.3 is 14.8 Å². The van der Waals surface area contributed by atoms with E-state index in [1.165, 1.54) is 11.6 Å². The van der Waals surface area contributed by atoms with Crippen molar-refractivity contribution in [2.45, 2.75) is 6.54 Å². The van der Waals surface area contributed by atoms with E-state index in [2.05, 4.69) is 5.32 Å². The molecule has 1 amide bonds. The highest BCUT2D eigenvalue weighted by Gasteiger charge is 2.15. The molecule has 0 unspecified atom stereocenters. The van der Waals surface area contributed by atoms with Gasteiger partial charge in [-0.3, -0.25) is 18.7 Å². The first-order valence-electron chi connectivity index (χ1n) is 7.02. The van der Waals surface area contributed by atoms with Gasteiger partial charge in [-0.05, 0) is 13.1 Å². The first-order valence-corrected chi connectivity index (χ1v) is 7.02. The topological polar surface area (TPSA) is 81.3 Å². The smallest absolute Gasteiger partial charge is 0.332 e. The van der Waals surface area contributed by atoms with E-state index in [0.717, 1.165) is 4.57 Å². The Morgan fingerprint density at radius 3 is 2.59 bits per heavy atom. The third kappa shape index (κ3) is 2.69. The van der Waals surface area contributed by atoms with Crippen LogP contribution in [-0.2, 0) is 25.4 Å². The van der Waals surface area contributed by atoms with Crippen LogP contribution in [0.1, 0.15) is 0 Å². The first-order chi connectivity index (χ1) is 10.4. The molecule has 0 fully saturated rings. The molecule has 120 valence electrons. The summed E-state index contributed by atoms with van der Waals surface area (Å²) in [5.74, 6) is -0.0825. The number of carbonyl (C=O) groups is 1. The van der Waals surface area contributed by atoms with E-state index < -0.39 is 5.69 Å². The van der Waals surface area contributed by atoms with Crippen molar-refractivity contribution in [2.75, 3.05) is 27.2 Å². The number of nitrogens with zero attached hydrogens (tertiary/aromatic N) is 4. The van der Waals surface area contributed by atoms with E-state index in [1.807, 2.05) is 7.05 Å². The SMILES string of the molecule is CNCCN(C)C(=O)Cn1ccc2c(=O)n(C)c(=O)n(C)c21. The third-order valence-corrected chi connectivity index (χ3v) is 3.79. The Kier molecular flexibility index (Phi) is 4.51. The first kappa shape index (κ1) is 16.0. The van der Waals surface area contributed by atoms with E-state index in [-0.39, 0.29) is 18.0 Å². The predicted octanol–water partition coefficient (Wildman–Crippen LogP) is -1.28. The summed E-state index contributed by atoms with van der Waals surface area (Å²) >= 11 is 0. The summed E-state index contributed by atoms with van der Waals surface area (Å²) in [6.45, 7) is 1.38. The molecule has 2 aromatic rings. The summed E-state index contributed by atoms with van der Waals surface area (Å²) in [5, 5.41) is 3.41. The second-order valence-corrected chi connectivity index (χ2v) is 5.31. The molecule has 8 heteroatoms. The number of hydrogen-bond donors (Lipinski definition) is 1. The summed E-state index contributed by atoms with van der Waals surface area (Å²) < 4.78 is 4.08. The number of aromatic nitrogens is 3. The molecular weight excluding hydrogens is 286 g/mol. The van der Waals surface area contributed by atoms with Gasteiger partial charge in [-0.2, -0.15) is 0 Å². The lowest BCUT2D eigenvalue weighted by atomic mass is 10.4. The van der Waals surface area contributed by atoms with Gasteiger partial charge in [0, 0.05) is 40.4 Å². The van der Waals surface area contributed by atoms with Crippen LogP contribution in [0.2, 0.25) is 0 Å². The van der Waals surface area contributed by atoms with Crippen LogP contribution in [0.25, 0.3) is 11.0 Å². The molecule has 0 spiro atoms. The summed E-state index contributed by atoms with van der Waals surface area (Å²) in [5.41, 5.74) is -0.301. The number of hydrogen-bond acceptors (Lipinski definition) is 4. The lowest BCUT2D eigenvalue weighted by Crippen LogP contribution is -2.38. The molecule has 2 heterocycles. The number of rotatable bonds is 5. The summed E-state index contributed by atoms with van der Waals surface area (Å²) in [7, 11) is 6.58.